The lowest BCUT2D eigenvalue weighted by Gasteiger charge is -2.35. The first-order valence-corrected chi connectivity index (χ1v) is 9.74. The van der Waals surface area contributed by atoms with Crippen LogP contribution in [-0.4, -0.2) is 56.7 Å². The van der Waals surface area contributed by atoms with E-state index in [1.807, 2.05) is 31.2 Å². The molecule has 154 valence electrons. The maximum absolute atomic E-state index is 12.7. The Morgan fingerprint density at radius 1 is 1.03 bits per heavy atom. The third-order valence-electron chi connectivity index (χ3n) is 5.07. The summed E-state index contributed by atoms with van der Waals surface area (Å²) in [5.41, 5.74) is 1.04. The van der Waals surface area contributed by atoms with Crippen LogP contribution in [0.4, 0.5) is 17.5 Å². The van der Waals surface area contributed by atoms with Gasteiger partial charge in [0.1, 0.15) is 11.4 Å². The van der Waals surface area contributed by atoms with E-state index in [2.05, 4.69) is 25.4 Å². The van der Waals surface area contributed by atoms with E-state index in [9.17, 15) is 9.59 Å². The van der Waals surface area contributed by atoms with Crippen molar-refractivity contribution in [1.29, 1.82) is 0 Å². The van der Waals surface area contributed by atoms with Crippen molar-refractivity contribution in [1.82, 2.24) is 24.6 Å². The maximum atomic E-state index is 12.7. The fraction of sp³-hybridized carbons (Fsp3) is 0.286. The predicted octanol–water partition coefficient (Wildman–Crippen LogP) is 1.58. The van der Waals surface area contributed by atoms with E-state index in [4.69, 9.17) is 0 Å². The van der Waals surface area contributed by atoms with Crippen LogP contribution in [0.1, 0.15) is 15.9 Å². The summed E-state index contributed by atoms with van der Waals surface area (Å²) in [6, 6.07) is 10.9. The second-order valence-corrected chi connectivity index (χ2v) is 7.24. The smallest absolute Gasteiger partial charge is 0.263 e. The molecule has 0 spiro atoms. The topological polar surface area (TPSA) is 96.2 Å². The van der Waals surface area contributed by atoms with Gasteiger partial charge in [0.25, 0.3) is 11.5 Å². The summed E-state index contributed by atoms with van der Waals surface area (Å²) in [7, 11) is 1.64. The number of anilines is 3. The van der Waals surface area contributed by atoms with Crippen LogP contribution in [0.5, 0.6) is 0 Å². The molecule has 9 nitrogen and oxygen atoms in total. The van der Waals surface area contributed by atoms with Gasteiger partial charge in [-0.2, -0.15) is 0 Å². The summed E-state index contributed by atoms with van der Waals surface area (Å²) in [5, 5.41) is 11.7. The van der Waals surface area contributed by atoms with E-state index >= 15 is 0 Å². The molecule has 0 saturated carbocycles. The molecule has 30 heavy (non-hydrogen) atoms. The summed E-state index contributed by atoms with van der Waals surface area (Å²) < 4.78 is 1.42. The Bertz CT molecular complexity index is 1100. The van der Waals surface area contributed by atoms with Crippen LogP contribution in [0.15, 0.2) is 53.6 Å². The van der Waals surface area contributed by atoms with Gasteiger partial charge in [-0.1, -0.05) is 0 Å². The average molecular weight is 405 g/mol. The van der Waals surface area contributed by atoms with E-state index < -0.39 is 0 Å². The molecular weight excluding hydrogens is 382 g/mol. The quantitative estimate of drug-likeness (QED) is 0.704. The number of carbonyl (C=O) groups is 1. The van der Waals surface area contributed by atoms with Crippen LogP contribution >= 0.6 is 0 Å². The molecule has 3 aromatic rings. The molecule has 0 unspecified atom stereocenters. The minimum atomic E-state index is -0.276. The summed E-state index contributed by atoms with van der Waals surface area (Å²) in [4.78, 5) is 33.0. The van der Waals surface area contributed by atoms with Crippen molar-refractivity contribution in [2.24, 2.45) is 7.05 Å². The van der Waals surface area contributed by atoms with Crippen LogP contribution in [0.2, 0.25) is 0 Å². The average Bonchev–Trinajstić information content (AvgIpc) is 2.76. The normalized spacial score (nSPS) is 13.9. The zero-order chi connectivity index (χ0) is 21.1. The minimum Gasteiger partial charge on any atom is -0.352 e. The number of carbonyl (C=O) groups excluding carboxylic acids is 1. The van der Waals surface area contributed by atoms with Crippen molar-refractivity contribution in [3.05, 3.63) is 70.3 Å². The fourth-order valence-electron chi connectivity index (χ4n) is 3.37. The fourth-order valence-corrected chi connectivity index (χ4v) is 3.37. The van der Waals surface area contributed by atoms with Gasteiger partial charge in [0, 0.05) is 45.6 Å². The van der Waals surface area contributed by atoms with E-state index in [0.29, 0.717) is 32.0 Å². The molecule has 0 bridgehead atoms. The number of amides is 1. The maximum Gasteiger partial charge on any atom is 0.263 e. The number of hydrogen-bond donors (Lipinski definition) is 1. The summed E-state index contributed by atoms with van der Waals surface area (Å²) >= 11 is 0. The first-order chi connectivity index (χ1) is 14.5. The van der Waals surface area contributed by atoms with Gasteiger partial charge in [0.2, 0.25) is 0 Å². The molecule has 1 N–H and O–H groups in total. The van der Waals surface area contributed by atoms with Gasteiger partial charge in [-0.25, -0.2) is 4.98 Å². The third kappa shape index (κ3) is 4.14. The van der Waals surface area contributed by atoms with Gasteiger partial charge in [0.15, 0.2) is 11.6 Å². The van der Waals surface area contributed by atoms with Gasteiger partial charge in [-0.3, -0.25) is 9.59 Å². The summed E-state index contributed by atoms with van der Waals surface area (Å²) in [5.74, 6) is 1.86. The number of aromatic nitrogens is 4. The second-order valence-electron chi connectivity index (χ2n) is 7.24. The highest BCUT2D eigenvalue weighted by molar-refractivity contribution is 5.94. The van der Waals surface area contributed by atoms with Crippen LogP contribution in [0, 0.1) is 6.92 Å². The van der Waals surface area contributed by atoms with Crippen molar-refractivity contribution in [2.75, 3.05) is 36.4 Å². The lowest BCUT2D eigenvalue weighted by Crippen LogP contribution is -2.50. The van der Waals surface area contributed by atoms with Crippen molar-refractivity contribution in [3.8, 4) is 0 Å². The zero-order valence-electron chi connectivity index (χ0n) is 16.9. The van der Waals surface area contributed by atoms with E-state index in [0.717, 1.165) is 17.2 Å². The molecule has 1 saturated heterocycles. The number of hydrogen-bond acceptors (Lipinski definition) is 7. The molecule has 0 atom stereocenters. The Morgan fingerprint density at radius 3 is 2.53 bits per heavy atom. The van der Waals surface area contributed by atoms with Crippen molar-refractivity contribution in [3.63, 3.8) is 0 Å². The van der Waals surface area contributed by atoms with E-state index in [-0.39, 0.29) is 17.0 Å². The number of pyridine rings is 2. The highest BCUT2D eigenvalue weighted by atomic mass is 16.2. The number of piperazine rings is 1. The predicted molar refractivity (Wildman–Crippen MR) is 114 cm³/mol. The minimum absolute atomic E-state index is 0.202. The second kappa shape index (κ2) is 8.32. The van der Waals surface area contributed by atoms with Crippen LogP contribution in [-0.2, 0) is 7.05 Å². The molecule has 4 heterocycles. The highest BCUT2D eigenvalue weighted by Gasteiger charge is 2.24. The Kier molecular flexibility index (Phi) is 5.42. The van der Waals surface area contributed by atoms with Crippen molar-refractivity contribution >= 4 is 23.4 Å². The SMILES string of the molecule is Cc1ccnc(Nc2ccc(N3CCN(C(=O)c4cccn(C)c4=O)CC3)nn2)c1. The van der Waals surface area contributed by atoms with Gasteiger partial charge in [-0.15, -0.1) is 10.2 Å². The Labute approximate surface area is 174 Å². The van der Waals surface area contributed by atoms with Crippen LogP contribution in [0.25, 0.3) is 0 Å². The highest BCUT2D eigenvalue weighted by Crippen LogP contribution is 2.17. The molecule has 1 fully saturated rings. The molecule has 1 aliphatic heterocycles. The largest absolute Gasteiger partial charge is 0.352 e. The molecule has 1 amide bonds. The molecular formula is C21H23N7O2. The van der Waals surface area contributed by atoms with Gasteiger partial charge in [-0.05, 0) is 48.9 Å². The number of rotatable bonds is 4. The lowest BCUT2D eigenvalue weighted by molar-refractivity contribution is 0.0744. The van der Waals surface area contributed by atoms with Crippen LogP contribution < -0.4 is 15.8 Å². The number of nitrogens with one attached hydrogen (secondary N) is 1. The summed E-state index contributed by atoms with van der Waals surface area (Å²) in [6.07, 6.45) is 3.38. The van der Waals surface area contributed by atoms with E-state index in [1.54, 1.807) is 36.5 Å². The Morgan fingerprint density at radius 2 is 1.83 bits per heavy atom. The molecule has 4 rings (SSSR count). The standard InChI is InChI=1S/C21H23N7O2/c1-15-7-8-22-18(14-15)23-17-5-6-19(25-24-17)27-10-12-28(13-11-27)21(30)16-4-3-9-26(2)20(16)29/h3-9,14H,10-13H2,1-2H3,(H,22,23,24). The van der Waals surface area contributed by atoms with Crippen molar-refractivity contribution in [2.45, 2.75) is 6.92 Å². The molecule has 0 aliphatic carbocycles. The summed E-state index contributed by atoms with van der Waals surface area (Å²) in [6.45, 7) is 4.29. The van der Waals surface area contributed by atoms with Gasteiger partial charge in [0.05, 0.1) is 0 Å². The third-order valence-corrected chi connectivity index (χ3v) is 5.07. The molecule has 0 aromatic carbocycles. The zero-order valence-corrected chi connectivity index (χ0v) is 16.9. The number of nitrogens with zero attached hydrogens (tertiary/aromatic N) is 6. The van der Waals surface area contributed by atoms with Crippen molar-refractivity contribution < 1.29 is 4.79 Å². The van der Waals surface area contributed by atoms with Gasteiger partial charge >= 0.3 is 0 Å². The molecule has 3 aromatic heterocycles. The first kappa shape index (κ1) is 19.6. The molecule has 1 aliphatic rings. The Balaban J connectivity index is 1.37. The van der Waals surface area contributed by atoms with E-state index in [1.165, 1.54) is 4.57 Å². The monoisotopic (exact) mass is 405 g/mol. The Hall–Kier alpha value is -3.75. The van der Waals surface area contributed by atoms with Crippen LogP contribution in [0.3, 0.4) is 0 Å². The first-order valence-electron chi connectivity index (χ1n) is 9.74. The molecule has 9 heteroatoms. The molecule has 0 radical (unpaired) electrons. The number of aryl methyl sites for hydroxylation is 2. The van der Waals surface area contributed by atoms with Gasteiger partial charge < -0.3 is 19.7 Å². The lowest BCUT2D eigenvalue weighted by atomic mass is 10.2.